The number of alkyl halides is 3. The number of hydrogen-bond acceptors (Lipinski definition) is 4. The van der Waals surface area contributed by atoms with E-state index in [1.807, 2.05) is 0 Å². The van der Waals surface area contributed by atoms with Gasteiger partial charge in [0.2, 0.25) is 5.95 Å². The van der Waals surface area contributed by atoms with Crippen molar-refractivity contribution in [3.63, 3.8) is 0 Å². The average Bonchev–Trinajstić information content (AvgIpc) is 2.22. The predicted octanol–water partition coefficient (Wildman–Crippen LogP) is 2.93. The van der Waals surface area contributed by atoms with Crippen molar-refractivity contribution in [1.82, 2.24) is 9.97 Å². The van der Waals surface area contributed by atoms with Crippen LogP contribution in [-0.2, 0) is 6.18 Å². The molecule has 4 nitrogen and oxygen atoms in total. The standard InChI is InChI=1S/C11H17F3N4/c1-7(2)4-3-5-16-9-6-8(11(12,13)14)17-10(15)18-9/h6-7H,3-5H2,1-2H3,(H3,15,16,17,18). The number of nitrogens with one attached hydrogen (secondary N) is 1. The molecule has 1 rings (SSSR count). The number of halogens is 3. The highest BCUT2D eigenvalue weighted by atomic mass is 19.4. The minimum absolute atomic E-state index is 0.110. The molecule has 0 aromatic carbocycles. The average molecular weight is 262 g/mol. The van der Waals surface area contributed by atoms with Gasteiger partial charge in [-0.3, -0.25) is 0 Å². The number of aromatic nitrogens is 2. The largest absolute Gasteiger partial charge is 0.433 e. The Morgan fingerprint density at radius 2 is 2.00 bits per heavy atom. The molecule has 102 valence electrons. The second kappa shape index (κ2) is 5.88. The molecule has 0 saturated heterocycles. The smallest absolute Gasteiger partial charge is 0.370 e. The summed E-state index contributed by atoms with van der Waals surface area (Å²) in [6.45, 7) is 4.74. The van der Waals surface area contributed by atoms with E-state index in [-0.39, 0.29) is 11.8 Å². The molecule has 0 fully saturated rings. The fraction of sp³-hybridized carbons (Fsp3) is 0.636. The zero-order chi connectivity index (χ0) is 13.8. The van der Waals surface area contributed by atoms with E-state index in [1.54, 1.807) is 0 Å². The second-order valence-corrected chi connectivity index (χ2v) is 4.46. The summed E-state index contributed by atoms with van der Waals surface area (Å²) in [5.74, 6) is 0.294. The molecule has 7 heteroatoms. The van der Waals surface area contributed by atoms with Crippen LogP contribution in [0.4, 0.5) is 24.9 Å². The molecule has 0 atom stereocenters. The van der Waals surface area contributed by atoms with Gasteiger partial charge in [0.05, 0.1) is 0 Å². The monoisotopic (exact) mass is 262 g/mol. The summed E-state index contributed by atoms with van der Waals surface area (Å²) in [6, 6.07) is 0.867. The van der Waals surface area contributed by atoms with Crippen molar-refractivity contribution in [2.24, 2.45) is 5.92 Å². The predicted molar refractivity (Wildman–Crippen MR) is 64.0 cm³/mol. The fourth-order valence-corrected chi connectivity index (χ4v) is 1.43. The Bertz CT molecular complexity index is 390. The summed E-state index contributed by atoms with van der Waals surface area (Å²) in [6.07, 6.45) is -2.64. The van der Waals surface area contributed by atoms with Crippen LogP contribution in [0.25, 0.3) is 0 Å². The van der Waals surface area contributed by atoms with E-state index in [2.05, 4.69) is 29.1 Å². The molecule has 0 spiro atoms. The Balaban J connectivity index is 2.63. The molecule has 0 unspecified atom stereocenters. The Morgan fingerprint density at radius 3 is 2.56 bits per heavy atom. The molecule has 0 bridgehead atoms. The van der Waals surface area contributed by atoms with Gasteiger partial charge in [0.15, 0.2) is 5.69 Å². The molecule has 3 N–H and O–H groups in total. The van der Waals surface area contributed by atoms with Crippen LogP contribution < -0.4 is 11.1 Å². The first-order valence-electron chi connectivity index (χ1n) is 5.74. The van der Waals surface area contributed by atoms with Gasteiger partial charge in [-0.1, -0.05) is 13.8 Å². The lowest BCUT2D eigenvalue weighted by Gasteiger charge is -2.10. The van der Waals surface area contributed by atoms with E-state index >= 15 is 0 Å². The first-order chi connectivity index (χ1) is 8.29. The lowest BCUT2D eigenvalue weighted by atomic mass is 10.1. The van der Waals surface area contributed by atoms with Crippen molar-refractivity contribution >= 4 is 11.8 Å². The van der Waals surface area contributed by atoms with Gasteiger partial charge in [0.25, 0.3) is 0 Å². The number of nitrogen functional groups attached to an aromatic ring is 1. The van der Waals surface area contributed by atoms with Crippen molar-refractivity contribution in [1.29, 1.82) is 0 Å². The highest BCUT2D eigenvalue weighted by Crippen LogP contribution is 2.29. The first kappa shape index (κ1) is 14.5. The van der Waals surface area contributed by atoms with Crippen LogP contribution in [0.2, 0.25) is 0 Å². The maximum absolute atomic E-state index is 12.5. The fourth-order valence-electron chi connectivity index (χ4n) is 1.43. The molecule has 0 aliphatic rings. The molecule has 0 aliphatic heterocycles. The summed E-state index contributed by atoms with van der Waals surface area (Å²) < 4.78 is 37.4. The van der Waals surface area contributed by atoms with Gasteiger partial charge in [-0.25, -0.2) is 4.98 Å². The quantitative estimate of drug-likeness (QED) is 0.801. The Labute approximate surface area is 104 Å². The first-order valence-corrected chi connectivity index (χ1v) is 5.74. The van der Waals surface area contributed by atoms with Crippen molar-refractivity contribution < 1.29 is 13.2 Å². The maximum Gasteiger partial charge on any atom is 0.433 e. The molecule has 0 radical (unpaired) electrons. The van der Waals surface area contributed by atoms with Crippen LogP contribution in [-0.4, -0.2) is 16.5 Å². The van der Waals surface area contributed by atoms with Crippen LogP contribution in [0.1, 0.15) is 32.4 Å². The molecular weight excluding hydrogens is 245 g/mol. The van der Waals surface area contributed by atoms with Gasteiger partial charge < -0.3 is 11.1 Å². The Kier molecular flexibility index (Phi) is 4.75. The van der Waals surface area contributed by atoms with Gasteiger partial charge in [0.1, 0.15) is 5.82 Å². The molecule has 1 aromatic heterocycles. The number of hydrogen-bond donors (Lipinski definition) is 2. The van der Waals surface area contributed by atoms with Crippen LogP contribution in [0.15, 0.2) is 6.07 Å². The van der Waals surface area contributed by atoms with E-state index < -0.39 is 11.9 Å². The van der Waals surface area contributed by atoms with Crippen LogP contribution in [0.5, 0.6) is 0 Å². The van der Waals surface area contributed by atoms with Crippen molar-refractivity contribution in [3.05, 3.63) is 11.8 Å². The topological polar surface area (TPSA) is 63.8 Å². The van der Waals surface area contributed by atoms with E-state index in [0.29, 0.717) is 12.5 Å². The van der Waals surface area contributed by atoms with E-state index in [1.165, 1.54) is 0 Å². The number of nitrogens with two attached hydrogens (primary N) is 1. The number of anilines is 2. The van der Waals surface area contributed by atoms with Crippen LogP contribution >= 0.6 is 0 Å². The minimum Gasteiger partial charge on any atom is -0.370 e. The third-order valence-electron chi connectivity index (χ3n) is 2.30. The molecule has 0 amide bonds. The Hall–Kier alpha value is -1.53. The zero-order valence-corrected chi connectivity index (χ0v) is 10.4. The van der Waals surface area contributed by atoms with Gasteiger partial charge >= 0.3 is 6.18 Å². The van der Waals surface area contributed by atoms with Gasteiger partial charge in [-0.05, 0) is 18.8 Å². The summed E-state index contributed by atoms with van der Waals surface area (Å²) >= 11 is 0. The molecule has 0 aliphatic carbocycles. The third kappa shape index (κ3) is 4.77. The maximum atomic E-state index is 12.5. The van der Waals surface area contributed by atoms with Crippen molar-refractivity contribution in [2.75, 3.05) is 17.6 Å². The number of nitrogens with zero attached hydrogens (tertiary/aromatic N) is 2. The molecular formula is C11H17F3N4. The van der Waals surface area contributed by atoms with Gasteiger partial charge in [-0.2, -0.15) is 18.2 Å². The number of rotatable bonds is 5. The molecule has 18 heavy (non-hydrogen) atoms. The summed E-state index contributed by atoms with van der Waals surface area (Å²) in [4.78, 5) is 6.88. The molecule has 1 aromatic rings. The Morgan fingerprint density at radius 1 is 1.33 bits per heavy atom. The van der Waals surface area contributed by atoms with Crippen LogP contribution in [0.3, 0.4) is 0 Å². The van der Waals surface area contributed by atoms with Crippen molar-refractivity contribution in [2.45, 2.75) is 32.9 Å². The molecule has 1 heterocycles. The van der Waals surface area contributed by atoms with E-state index in [9.17, 15) is 13.2 Å². The van der Waals surface area contributed by atoms with E-state index in [4.69, 9.17) is 5.73 Å². The van der Waals surface area contributed by atoms with Crippen LogP contribution in [0, 0.1) is 5.92 Å². The van der Waals surface area contributed by atoms with Gasteiger partial charge in [-0.15, -0.1) is 0 Å². The minimum atomic E-state index is -4.51. The summed E-state index contributed by atoms with van der Waals surface area (Å²) in [5, 5.41) is 2.82. The highest BCUT2D eigenvalue weighted by Gasteiger charge is 2.33. The summed E-state index contributed by atoms with van der Waals surface area (Å²) in [7, 11) is 0. The van der Waals surface area contributed by atoms with Crippen molar-refractivity contribution in [3.8, 4) is 0 Å². The SMILES string of the molecule is CC(C)CCCNc1cc(C(F)(F)F)nc(N)n1. The zero-order valence-electron chi connectivity index (χ0n) is 10.4. The normalized spacial score (nSPS) is 11.9. The molecule has 0 saturated carbocycles. The van der Waals surface area contributed by atoms with Gasteiger partial charge in [0, 0.05) is 12.6 Å². The lowest BCUT2D eigenvalue weighted by molar-refractivity contribution is -0.141. The lowest BCUT2D eigenvalue weighted by Crippen LogP contribution is -2.13. The third-order valence-corrected chi connectivity index (χ3v) is 2.30. The summed E-state index contributed by atoms with van der Waals surface area (Å²) in [5.41, 5.74) is 4.22. The second-order valence-electron chi connectivity index (χ2n) is 4.46. The van der Waals surface area contributed by atoms with E-state index in [0.717, 1.165) is 18.9 Å². The highest BCUT2D eigenvalue weighted by molar-refractivity contribution is 5.41.